The number of primary amides is 1. The Labute approximate surface area is 128 Å². The van der Waals surface area contributed by atoms with E-state index in [0.717, 1.165) is 19.6 Å². The third-order valence-electron chi connectivity index (χ3n) is 6.01. The van der Waals surface area contributed by atoms with E-state index in [1.165, 1.54) is 57.8 Å². The number of nitrogens with zero attached hydrogens (tertiary/aromatic N) is 1. The molecular formula is C17H31N3O. The van der Waals surface area contributed by atoms with Crippen molar-refractivity contribution in [2.45, 2.75) is 76.3 Å². The average Bonchev–Trinajstić information content (AvgIpc) is 3.26. The third kappa shape index (κ3) is 3.59. The number of carbonyl (C=O) groups excluding carboxylic acids is 1. The standard InChI is InChI=1S/C17H31N3O/c1-16(15(18)21,19-14-5-6-14)13-20-11-9-17(10-12-20)7-3-2-4-8-17/h14,19H,2-13H2,1H3,(H2,18,21). The van der Waals surface area contributed by atoms with Crippen LogP contribution in [0.2, 0.25) is 0 Å². The summed E-state index contributed by atoms with van der Waals surface area (Å²) in [5, 5.41) is 3.47. The number of amides is 1. The highest BCUT2D eigenvalue weighted by atomic mass is 16.1. The van der Waals surface area contributed by atoms with Crippen LogP contribution in [0.5, 0.6) is 0 Å². The van der Waals surface area contributed by atoms with E-state index in [-0.39, 0.29) is 5.91 Å². The van der Waals surface area contributed by atoms with E-state index >= 15 is 0 Å². The molecule has 1 unspecified atom stereocenters. The van der Waals surface area contributed by atoms with Crippen molar-refractivity contribution >= 4 is 5.91 Å². The van der Waals surface area contributed by atoms with Crippen molar-refractivity contribution in [1.82, 2.24) is 10.2 Å². The number of hydrogen-bond acceptors (Lipinski definition) is 3. The Kier molecular flexibility index (Phi) is 4.28. The minimum absolute atomic E-state index is 0.202. The Balaban J connectivity index is 1.54. The summed E-state index contributed by atoms with van der Waals surface area (Å²) in [5.74, 6) is -0.202. The predicted octanol–water partition coefficient (Wildman–Crippen LogP) is 2.03. The molecule has 0 aromatic heterocycles. The van der Waals surface area contributed by atoms with Gasteiger partial charge in [-0.25, -0.2) is 0 Å². The molecule has 0 radical (unpaired) electrons. The molecule has 21 heavy (non-hydrogen) atoms. The highest BCUT2D eigenvalue weighted by Gasteiger charge is 2.41. The first kappa shape index (κ1) is 15.3. The fraction of sp³-hybridized carbons (Fsp3) is 0.941. The molecular weight excluding hydrogens is 262 g/mol. The van der Waals surface area contributed by atoms with Gasteiger partial charge in [0.2, 0.25) is 5.91 Å². The lowest BCUT2D eigenvalue weighted by Gasteiger charge is -2.46. The molecule has 0 bridgehead atoms. The van der Waals surface area contributed by atoms with Crippen LogP contribution in [0.1, 0.15) is 64.7 Å². The van der Waals surface area contributed by atoms with E-state index in [1.807, 2.05) is 6.92 Å². The number of hydrogen-bond donors (Lipinski definition) is 2. The number of carbonyl (C=O) groups is 1. The molecule has 2 aliphatic carbocycles. The monoisotopic (exact) mass is 293 g/mol. The lowest BCUT2D eigenvalue weighted by molar-refractivity contribution is -0.125. The summed E-state index contributed by atoms with van der Waals surface area (Å²) in [6, 6.07) is 0.511. The molecule has 3 N–H and O–H groups in total. The van der Waals surface area contributed by atoms with Crippen molar-refractivity contribution < 1.29 is 4.79 Å². The number of likely N-dealkylation sites (tertiary alicyclic amines) is 1. The predicted molar refractivity (Wildman–Crippen MR) is 84.9 cm³/mol. The zero-order valence-electron chi connectivity index (χ0n) is 13.5. The van der Waals surface area contributed by atoms with Crippen molar-refractivity contribution in [3.8, 4) is 0 Å². The van der Waals surface area contributed by atoms with Crippen LogP contribution in [0.15, 0.2) is 0 Å². The van der Waals surface area contributed by atoms with Gasteiger partial charge in [-0.3, -0.25) is 10.1 Å². The van der Waals surface area contributed by atoms with Crippen LogP contribution in [0.25, 0.3) is 0 Å². The van der Waals surface area contributed by atoms with Crippen molar-refractivity contribution in [2.24, 2.45) is 11.1 Å². The molecule has 1 aliphatic heterocycles. The van der Waals surface area contributed by atoms with Crippen LogP contribution >= 0.6 is 0 Å². The quantitative estimate of drug-likeness (QED) is 0.815. The summed E-state index contributed by atoms with van der Waals surface area (Å²) >= 11 is 0. The molecule has 120 valence electrons. The molecule has 0 aromatic carbocycles. The first-order valence-electron chi connectivity index (χ1n) is 8.81. The Bertz CT molecular complexity index is 377. The average molecular weight is 293 g/mol. The lowest BCUT2D eigenvalue weighted by atomic mass is 9.68. The first-order valence-corrected chi connectivity index (χ1v) is 8.81. The van der Waals surface area contributed by atoms with Gasteiger partial charge in [0.15, 0.2) is 0 Å². The number of piperidine rings is 1. The molecule has 1 atom stereocenters. The van der Waals surface area contributed by atoms with E-state index in [0.29, 0.717) is 11.5 Å². The second-order valence-electron chi connectivity index (χ2n) is 7.95. The number of nitrogens with one attached hydrogen (secondary N) is 1. The van der Waals surface area contributed by atoms with Gasteiger partial charge >= 0.3 is 0 Å². The maximum atomic E-state index is 11.9. The molecule has 1 spiro atoms. The van der Waals surface area contributed by atoms with Crippen LogP contribution in [0.3, 0.4) is 0 Å². The second-order valence-corrected chi connectivity index (χ2v) is 7.95. The SMILES string of the molecule is CC(CN1CCC2(CCCCC2)CC1)(NC1CC1)C(N)=O. The summed E-state index contributed by atoms with van der Waals surface area (Å²) < 4.78 is 0. The van der Waals surface area contributed by atoms with Gasteiger partial charge in [-0.1, -0.05) is 19.3 Å². The Morgan fingerprint density at radius 3 is 2.33 bits per heavy atom. The van der Waals surface area contributed by atoms with E-state index in [4.69, 9.17) is 5.73 Å². The summed E-state index contributed by atoms with van der Waals surface area (Å²) in [6.45, 7) is 5.03. The molecule has 3 fully saturated rings. The molecule has 1 amide bonds. The van der Waals surface area contributed by atoms with Gasteiger partial charge in [-0.05, 0) is 64.0 Å². The second kappa shape index (κ2) is 5.88. The highest BCUT2D eigenvalue weighted by Crippen LogP contribution is 2.44. The van der Waals surface area contributed by atoms with Crippen LogP contribution in [0.4, 0.5) is 0 Å². The zero-order valence-corrected chi connectivity index (χ0v) is 13.5. The molecule has 1 heterocycles. The molecule has 3 aliphatic rings. The maximum Gasteiger partial charge on any atom is 0.238 e. The smallest absolute Gasteiger partial charge is 0.238 e. The van der Waals surface area contributed by atoms with Crippen LogP contribution in [-0.2, 0) is 4.79 Å². The molecule has 4 nitrogen and oxygen atoms in total. The van der Waals surface area contributed by atoms with E-state index in [2.05, 4.69) is 10.2 Å². The lowest BCUT2D eigenvalue weighted by Crippen LogP contribution is -2.61. The van der Waals surface area contributed by atoms with E-state index in [1.54, 1.807) is 0 Å². The molecule has 3 rings (SSSR count). The van der Waals surface area contributed by atoms with Crippen LogP contribution in [0, 0.1) is 5.41 Å². The Morgan fingerprint density at radius 2 is 1.81 bits per heavy atom. The largest absolute Gasteiger partial charge is 0.368 e. The summed E-state index contributed by atoms with van der Waals surface area (Å²) in [4.78, 5) is 14.3. The van der Waals surface area contributed by atoms with Crippen LogP contribution in [-0.4, -0.2) is 42.0 Å². The van der Waals surface area contributed by atoms with E-state index < -0.39 is 5.54 Å². The normalized spacial score (nSPS) is 29.2. The summed E-state index contributed by atoms with van der Waals surface area (Å²) in [6.07, 6.45) is 12.1. The van der Waals surface area contributed by atoms with Crippen molar-refractivity contribution in [1.29, 1.82) is 0 Å². The van der Waals surface area contributed by atoms with Crippen molar-refractivity contribution in [3.63, 3.8) is 0 Å². The van der Waals surface area contributed by atoms with Gasteiger partial charge < -0.3 is 10.6 Å². The van der Waals surface area contributed by atoms with Crippen LogP contribution < -0.4 is 11.1 Å². The zero-order chi connectivity index (χ0) is 14.9. The minimum Gasteiger partial charge on any atom is -0.368 e. The fourth-order valence-corrected chi connectivity index (χ4v) is 4.31. The van der Waals surface area contributed by atoms with Gasteiger partial charge in [0.1, 0.15) is 5.54 Å². The van der Waals surface area contributed by atoms with Crippen molar-refractivity contribution in [2.75, 3.05) is 19.6 Å². The molecule has 0 aromatic rings. The maximum absolute atomic E-state index is 11.9. The highest BCUT2D eigenvalue weighted by molar-refractivity contribution is 5.84. The van der Waals surface area contributed by atoms with Gasteiger partial charge in [-0.15, -0.1) is 0 Å². The van der Waals surface area contributed by atoms with Gasteiger partial charge in [0.25, 0.3) is 0 Å². The van der Waals surface area contributed by atoms with Gasteiger partial charge in [0, 0.05) is 12.6 Å². The Hall–Kier alpha value is -0.610. The van der Waals surface area contributed by atoms with Crippen molar-refractivity contribution in [3.05, 3.63) is 0 Å². The van der Waals surface area contributed by atoms with Gasteiger partial charge in [0.05, 0.1) is 0 Å². The van der Waals surface area contributed by atoms with Gasteiger partial charge in [-0.2, -0.15) is 0 Å². The minimum atomic E-state index is -0.557. The number of nitrogens with two attached hydrogens (primary N) is 1. The Morgan fingerprint density at radius 1 is 1.19 bits per heavy atom. The first-order chi connectivity index (χ1) is 10.0. The fourth-order valence-electron chi connectivity index (χ4n) is 4.31. The molecule has 4 heteroatoms. The van der Waals surface area contributed by atoms with E-state index in [9.17, 15) is 4.79 Å². The number of rotatable bonds is 5. The summed E-state index contributed by atoms with van der Waals surface area (Å²) in [7, 11) is 0. The summed E-state index contributed by atoms with van der Waals surface area (Å²) in [5.41, 5.74) is 5.74. The third-order valence-corrected chi connectivity index (χ3v) is 6.01. The topological polar surface area (TPSA) is 58.4 Å². The molecule has 2 saturated carbocycles. The molecule has 1 saturated heterocycles.